The quantitative estimate of drug-likeness (QED) is 0.736. The van der Waals surface area contributed by atoms with E-state index in [1.54, 1.807) is 19.1 Å². The maximum Gasteiger partial charge on any atom is 0.251 e. The van der Waals surface area contributed by atoms with Gasteiger partial charge in [-0.3, -0.25) is 14.5 Å². The Bertz CT molecular complexity index is 905. The van der Waals surface area contributed by atoms with Crippen LogP contribution in [0.25, 0.3) is 11.1 Å². The van der Waals surface area contributed by atoms with Gasteiger partial charge in [-0.05, 0) is 54.3 Å². The highest BCUT2D eigenvalue weighted by Gasteiger charge is 2.21. The van der Waals surface area contributed by atoms with Crippen molar-refractivity contribution in [2.45, 2.75) is 39.7 Å². The number of piperazine rings is 1. The van der Waals surface area contributed by atoms with Crippen molar-refractivity contribution in [2.24, 2.45) is 0 Å². The number of halogens is 1. The smallest absolute Gasteiger partial charge is 0.251 e. The summed E-state index contributed by atoms with van der Waals surface area (Å²) in [6.07, 6.45) is 1.86. The number of nitrogens with zero attached hydrogens (tertiary/aromatic N) is 2. The topological polar surface area (TPSA) is 52.7 Å². The van der Waals surface area contributed by atoms with E-state index in [4.69, 9.17) is 0 Å². The number of carbonyl (C=O) groups is 2. The van der Waals surface area contributed by atoms with E-state index in [2.05, 4.69) is 23.2 Å². The summed E-state index contributed by atoms with van der Waals surface area (Å²) in [7, 11) is 0. The molecule has 6 heteroatoms. The molecular weight excluding hydrogens is 393 g/mol. The van der Waals surface area contributed by atoms with Crippen LogP contribution in [0.4, 0.5) is 4.39 Å². The first-order valence-corrected chi connectivity index (χ1v) is 11.0. The summed E-state index contributed by atoms with van der Waals surface area (Å²) in [6.45, 7) is 9.57. The molecule has 0 aromatic heterocycles. The number of hydrogen-bond acceptors (Lipinski definition) is 3. The lowest BCUT2D eigenvalue weighted by molar-refractivity contribution is -0.130. The number of benzene rings is 2. The van der Waals surface area contributed by atoms with Crippen LogP contribution in [0.5, 0.6) is 0 Å². The number of carbonyl (C=O) groups excluding carboxylic acids is 2. The molecule has 0 bridgehead atoms. The molecule has 1 atom stereocenters. The Kier molecular flexibility index (Phi) is 7.80. The molecule has 0 aliphatic carbocycles. The van der Waals surface area contributed by atoms with E-state index in [9.17, 15) is 14.0 Å². The molecule has 1 unspecified atom stereocenters. The van der Waals surface area contributed by atoms with Crippen LogP contribution < -0.4 is 5.32 Å². The first kappa shape index (κ1) is 22.9. The zero-order chi connectivity index (χ0) is 22.4. The molecule has 1 aliphatic heterocycles. The molecule has 1 N–H and O–H groups in total. The fourth-order valence-corrected chi connectivity index (χ4v) is 4.05. The summed E-state index contributed by atoms with van der Waals surface area (Å²) < 4.78 is 13.3. The van der Waals surface area contributed by atoms with Crippen molar-refractivity contribution in [1.29, 1.82) is 0 Å². The Morgan fingerprint density at radius 2 is 1.71 bits per heavy atom. The molecule has 1 aliphatic rings. The van der Waals surface area contributed by atoms with Crippen LogP contribution >= 0.6 is 0 Å². The lowest BCUT2D eigenvalue weighted by Gasteiger charge is -2.35. The van der Waals surface area contributed by atoms with Gasteiger partial charge in [0.1, 0.15) is 5.82 Å². The zero-order valence-electron chi connectivity index (χ0n) is 18.7. The third kappa shape index (κ3) is 6.37. The van der Waals surface area contributed by atoms with E-state index in [1.165, 1.54) is 12.1 Å². The van der Waals surface area contributed by atoms with Crippen LogP contribution in [0.1, 0.15) is 43.1 Å². The minimum Gasteiger partial charge on any atom is -0.348 e. The first-order valence-electron chi connectivity index (χ1n) is 11.0. The third-order valence-corrected chi connectivity index (χ3v) is 5.70. The Morgan fingerprint density at radius 3 is 2.32 bits per heavy atom. The summed E-state index contributed by atoms with van der Waals surface area (Å²) >= 11 is 0. The maximum atomic E-state index is 13.3. The number of amides is 2. The van der Waals surface area contributed by atoms with Crippen LogP contribution in [0.3, 0.4) is 0 Å². The van der Waals surface area contributed by atoms with E-state index in [-0.39, 0.29) is 23.7 Å². The van der Waals surface area contributed by atoms with Crippen molar-refractivity contribution >= 4 is 11.8 Å². The van der Waals surface area contributed by atoms with Crippen molar-refractivity contribution in [1.82, 2.24) is 15.1 Å². The molecule has 1 saturated heterocycles. The molecule has 0 saturated carbocycles. The number of nitrogens with one attached hydrogen (secondary N) is 1. The van der Waals surface area contributed by atoms with E-state index in [1.807, 2.05) is 24.0 Å². The maximum absolute atomic E-state index is 13.3. The van der Waals surface area contributed by atoms with Crippen molar-refractivity contribution in [3.63, 3.8) is 0 Å². The van der Waals surface area contributed by atoms with Gasteiger partial charge in [0.25, 0.3) is 5.91 Å². The highest BCUT2D eigenvalue weighted by atomic mass is 19.1. The van der Waals surface area contributed by atoms with Gasteiger partial charge in [-0.1, -0.05) is 31.5 Å². The molecule has 1 heterocycles. The molecule has 2 amide bonds. The largest absolute Gasteiger partial charge is 0.348 e. The summed E-state index contributed by atoms with van der Waals surface area (Å²) in [5.41, 5.74) is 3.54. The zero-order valence-corrected chi connectivity index (χ0v) is 18.7. The van der Waals surface area contributed by atoms with Gasteiger partial charge in [-0.2, -0.15) is 0 Å². The Balaban J connectivity index is 1.67. The van der Waals surface area contributed by atoms with Crippen molar-refractivity contribution in [3.8, 4) is 11.1 Å². The molecule has 166 valence electrons. The van der Waals surface area contributed by atoms with Crippen LogP contribution in [0.15, 0.2) is 42.5 Å². The summed E-state index contributed by atoms with van der Waals surface area (Å²) in [6, 6.07) is 12.2. The minimum absolute atomic E-state index is 0.0134. The fraction of sp³-hybridized carbons (Fsp3) is 0.440. The second-order valence-electron chi connectivity index (χ2n) is 8.36. The third-order valence-electron chi connectivity index (χ3n) is 5.70. The molecule has 0 spiro atoms. The monoisotopic (exact) mass is 425 g/mol. The first-order chi connectivity index (χ1) is 14.9. The summed E-state index contributed by atoms with van der Waals surface area (Å²) in [5.74, 6) is -0.259. The molecular formula is C25H32FN3O2. The van der Waals surface area contributed by atoms with Crippen LogP contribution in [0.2, 0.25) is 0 Å². The average Bonchev–Trinajstić information content (AvgIpc) is 2.74. The van der Waals surface area contributed by atoms with Gasteiger partial charge < -0.3 is 10.2 Å². The van der Waals surface area contributed by atoms with E-state index in [0.29, 0.717) is 5.56 Å². The fourth-order valence-electron chi connectivity index (χ4n) is 4.05. The minimum atomic E-state index is -0.274. The Hall–Kier alpha value is -2.73. The molecule has 0 radical (unpaired) electrons. The number of hydrogen-bond donors (Lipinski definition) is 1. The van der Waals surface area contributed by atoms with Gasteiger partial charge in [0, 0.05) is 51.3 Å². The predicted octanol–water partition coefficient (Wildman–Crippen LogP) is 3.73. The van der Waals surface area contributed by atoms with Gasteiger partial charge in [0.05, 0.1) is 0 Å². The molecule has 2 aromatic carbocycles. The number of rotatable bonds is 7. The van der Waals surface area contributed by atoms with Gasteiger partial charge in [0.15, 0.2) is 0 Å². The Labute approximate surface area is 184 Å². The molecule has 1 fully saturated rings. The lowest BCUT2D eigenvalue weighted by atomic mass is 9.97. The summed E-state index contributed by atoms with van der Waals surface area (Å²) in [4.78, 5) is 28.6. The molecule has 3 rings (SSSR count). The average molecular weight is 426 g/mol. The van der Waals surface area contributed by atoms with Crippen molar-refractivity contribution in [3.05, 3.63) is 59.4 Å². The van der Waals surface area contributed by atoms with Crippen LogP contribution in [-0.4, -0.2) is 60.4 Å². The van der Waals surface area contributed by atoms with E-state index >= 15 is 0 Å². The second kappa shape index (κ2) is 10.5. The lowest BCUT2D eigenvalue weighted by Crippen LogP contribution is -2.51. The van der Waals surface area contributed by atoms with Crippen LogP contribution in [-0.2, 0) is 11.2 Å². The van der Waals surface area contributed by atoms with Crippen LogP contribution in [0, 0.1) is 5.82 Å². The standard InChI is InChI=1S/C25H32FN3O2/c1-4-5-20-14-22(21-6-8-24(26)9-7-21)16-23(15-20)25(31)27-18(2)17-28-10-12-29(13-11-28)19(3)30/h6-9,14-16,18H,4-5,10-13,17H2,1-3H3,(H,27,31). The highest BCUT2D eigenvalue weighted by Crippen LogP contribution is 2.24. The SMILES string of the molecule is CCCc1cc(C(=O)NC(C)CN2CCN(C(C)=O)CC2)cc(-c2ccc(F)cc2)c1. The Morgan fingerprint density at radius 1 is 1.03 bits per heavy atom. The van der Waals surface area contributed by atoms with Gasteiger partial charge in [-0.25, -0.2) is 4.39 Å². The molecule has 31 heavy (non-hydrogen) atoms. The molecule has 2 aromatic rings. The van der Waals surface area contributed by atoms with E-state index in [0.717, 1.165) is 62.3 Å². The second-order valence-corrected chi connectivity index (χ2v) is 8.36. The van der Waals surface area contributed by atoms with Crippen molar-refractivity contribution in [2.75, 3.05) is 32.7 Å². The van der Waals surface area contributed by atoms with Crippen molar-refractivity contribution < 1.29 is 14.0 Å². The summed E-state index contributed by atoms with van der Waals surface area (Å²) in [5, 5.41) is 3.11. The predicted molar refractivity (Wildman–Crippen MR) is 121 cm³/mol. The van der Waals surface area contributed by atoms with Gasteiger partial charge in [0.2, 0.25) is 5.91 Å². The van der Waals surface area contributed by atoms with Gasteiger partial charge >= 0.3 is 0 Å². The van der Waals surface area contributed by atoms with E-state index < -0.39 is 0 Å². The van der Waals surface area contributed by atoms with Gasteiger partial charge in [-0.15, -0.1) is 0 Å². The normalized spacial score (nSPS) is 15.5. The number of aryl methyl sites for hydroxylation is 1. The molecule has 5 nitrogen and oxygen atoms in total. The highest BCUT2D eigenvalue weighted by molar-refractivity contribution is 5.96.